The van der Waals surface area contributed by atoms with Crippen molar-refractivity contribution in [2.45, 2.75) is 22.9 Å². The van der Waals surface area contributed by atoms with E-state index in [2.05, 4.69) is 20.1 Å². The van der Waals surface area contributed by atoms with Gasteiger partial charge in [-0.3, -0.25) is 9.59 Å². The molecule has 0 aliphatic heterocycles. The van der Waals surface area contributed by atoms with Crippen LogP contribution in [0.2, 0.25) is 0 Å². The van der Waals surface area contributed by atoms with Crippen LogP contribution in [0.5, 0.6) is 0 Å². The third-order valence-corrected chi connectivity index (χ3v) is 9.71. The second kappa shape index (κ2) is 14.3. The Labute approximate surface area is 267 Å². The minimum atomic E-state index is -3.74. The molecule has 0 heterocycles. The SMILES string of the molecule is O=C(Nc1ccc(S(=O)(=O)NCc2ccccc2)cc1)c1ccc(C(=O)Nc2ccc(S(=O)(=O)NCc3ccccc3)cc2)cc1. The second-order valence-electron chi connectivity index (χ2n) is 10.2. The van der Waals surface area contributed by atoms with Crippen LogP contribution in [0, 0.1) is 0 Å². The highest BCUT2D eigenvalue weighted by Crippen LogP contribution is 2.18. The standard InChI is InChI=1S/C34H30N4O6S2/c39-33(37-29-15-19-31(20-16-29)45(41,42)35-23-25-7-3-1-4-8-25)27-11-13-28(14-12-27)34(40)38-30-17-21-32(22-18-30)46(43,44)36-24-26-9-5-2-6-10-26/h1-22,35-36H,23-24H2,(H,37,39)(H,38,40). The lowest BCUT2D eigenvalue weighted by Crippen LogP contribution is -2.23. The number of sulfonamides is 2. The summed E-state index contributed by atoms with van der Waals surface area (Å²) in [6.45, 7) is 0.305. The molecular weight excluding hydrogens is 625 g/mol. The number of hydrogen-bond acceptors (Lipinski definition) is 6. The van der Waals surface area contributed by atoms with Gasteiger partial charge in [0.2, 0.25) is 20.0 Å². The fraction of sp³-hybridized carbons (Fsp3) is 0.0588. The number of amides is 2. The van der Waals surface area contributed by atoms with Gasteiger partial charge in [0.05, 0.1) is 9.79 Å². The van der Waals surface area contributed by atoms with Crippen LogP contribution in [0.3, 0.4) is 0 Å². The van der Waals surface area contributed by atoms with E-state index >= 15 is 0 Å². The molecule has 12 heteroatoms. The molecule has 10 nitrogen and oxygen atoms in total. The van der Waals surface area contributed by atoms with Crippen molar-refractivity contribution in [1.82, 2.24) is 9.44 Å². The Balaban J connectivity index is 1.13. The fourth-order valence-corrected chi connectivity index (χ4v) is 6.36. The average Bonchev–Trinajstić information content (AvgIpc) is 3.08. The number of carbonyl (C=O) groups is 2. The van der Waals surface area contributed by atoms with Crippen LogP contribution in [0.15, 0.2) is 143 Å². The average molecular weight is 655 g/mol. The van der Waals surface area contributed by atoms with Gasteiger partial charge < -0.3 is 10.6 Å². The van der Waals surface area contributed by atoms with Crippen molar-refractivity contribution in [3.8, 4) is 0 Å². The van der Waals surface area contributed by atoms with E-state index in [0.29, 0.717) is 11.4 Å². The van der Waals surface area contributed by atoms with Crippen molar-refractivity contribution < 1.29 is 26.4 Å². The molecule has 4 N–H and O–H groups in total. The van der Waals surface area contributed by atoms with Crippen molar-refractivity contribution in [2.75, 3.05) is 10.6 Å². The summed E-state index contributed by atoms with van der Waals surface area (Å²) in [5.74, 6) is -0.884. The van der Waals surface area contributed by atoms with Gasteiger partial charge in [-0.2, -0.15) is 0 Å². The van der Waals surface area contributed by atoms with Crippen LogP contribution in [0.1, 0.15) is 31.8 Å². The molecule has 0 saturated carbocycles. The molecule has 0 radical (unpaired) electrons. The Kier molecular flexibility index (Phi) is 10.0. The maximum atomic E-state index is 12.8. The highest BCUT2D eigenvalue weighted by Gasteiger charge is 2.16. The molecule has 0 atom stereocenters. The summed E-state index contributed by atoms with van der Waals surface area (Å²) in [5.41, 5.74) is 3.02. The summed E-state index contributed by atoms with van der Waals surface area (Å²) in [7, 11) is -7.49. The Morgan fingerprint density at radius 1 is 0.435 bits per heavy atom. The molecule has 0 spiro atoms. The number of anilines is 2. The van der Waals surface area contributed by atoms with E-state index in [1.807, 2.05) is 60.7 Å². The minimum Gasteiger partial charge on any atom is -0.322 e. The van der Waals surface area contributed by atoms with Gasteiger partial charge >= 0.3 is 0 Å². The van der Waals surface area contributed by atoms with Gasteiger partial charge in [-0.05, 0) is 83.9 Å². The quantitative estimate of drug-likeness (QED) is 0.146. The lowest BCUT2D eigenvalue weighted by atomic mass is 10.1. The Morgan fingerprint density at radius 2 is 0.761 bits per heavy atom. The van der Waals surface area contributed by atoms with Gasteiger partial charge in [0.1, 0.15) is 0 Å². The van der Waals surface area contributed by atoms with E-state index in [1.54, 1.807) is 0 Å². The van der Waals surface area contributed by atoms with Gasteiger partial charge in [-0.15, -0.1) is 0 Å². The van der Waals surface area contributed by atoms with Crippen LogP contribution >= 0.6 is 0 Å². The summed E-state index contributed by atoms with van der Waals surface area (Å²) in [6, 6.07) is 35.8. The molecule has 0 fully saturated rings. The third-order valence-electron chi connectivity index (χ3n) is 6.87. The topological polar surface area (TPSA) is 151 Å². The molecule has 2 amide bonds. The van der Waals surface area contributed by atoms with E-state index < -0.39 is 31.9 Å². The molecule has 0 unspecified atom stereocenters. The summed E-state index contributed by atoms with van der Waals surface area (Å²) in [6.07, 6.45) is 0. The number of benzene rings is 5. The summed E-state index contributed by atoms with van der Waals surface area (Å²) in [4.78, 5) is 25.7. The molecule has 0 bridgehead atoms. The molecule has 5 aromatic carbocycles. The first kappa shape index (κ1) is 32.3. The zero-order valence-corrected chi connectivity index (χ0v) is 26.0. The predicted octanol–water partition coefficient (Wildman–Crippen LogP) is 5.15. The highest BCUT2D eigenvalue weighted by atomic mass is 32.2. The highest BCUT2D eigenvalue weighted by molar-refractivity contribution is 7.89. The van der Waals surface area contributed by atoms with Crippen LogP contribution < -0.4 is 20.1 Å². The van der Waals surface area contributed by atoms with E-state index in [-0.39, 0.29) is 34.0 Å². The molecule has 46 heavy (non-hydrogen) atoms. The van der Waals surface area contributed by atoms with Crippen LogP contribution in [0.4, 0.5) is 11.4 Å². The van der Waals surface area contributed by atoms with E-state index in [4.69, 9.17) is 0 Å². The van der Waals surface area contributed by atoms with Crippen LogP contribution in [-0.2, 0) is 33.1 Å². The van der Waals surface area contributed by atoms with Crippen molar-refractivity contribution in [2.24, 2.45) is 0 Å². The van der Waals surface area contributed by atoms with E-state index in [1.165, 1.54) is 72.8 Å². The summed E-state index contributed by atoms with van der Waals surface area (Å²) >= 11 is 0. The number of carbonyl (C=O) groups excluding carboxylic acids is 2. The Hall–Kier alpha value is -5.14. The van der Waals surface area contributed by atoms with Gasteiger partial charge in [0.25, 0.3) is 11.8 Å². The first-order chi connectivity index (χ1) is 22.1. The molecule has 0 aliphatic carbocycles. The zero-order chi connectivity index (χ0) is 32.6. The van der Waals surface area contributed by atoms with Gasteiger partial charge in [0, 0.05) is 35.6 Å². The van der Waals surface area contributed by atoms with Crippen molar-refractivity contribution >= 4 is 43.2 Å². The maximum absolute atomic E-state index is 12.8. The lowest BCUT2D eigenvalue weighted by molar-refractivity contribution is 0.101. The third kappa shape index (κ3) is 8.52. The van der Waals surface area contributed by atoms with Crippen molar-refractivity contribution in [3.63, 3.8) is 0 Å². The molecule has 234 valence electrons. The summed E-state index contributed by atoms with van der Waals surface area (Å²) in [5, 5.41) is 5.42. The van der Waals surface area contributed by atoms with Gasteiger partial charge in [-0.1, -0.05) is 60.7 Å². The van der Waals surface area contributed by atoms with Crippen LogP contribution in [-0.4, -0.2) is 28.6 Å². The lowest BCUT2D eigenvalue weighted by Gasteiger charge is -2.10. The number of rotatable bonds is 12. The molecule has 0 saturated heterocycles. The second-order valence-corrected chi connectivity index (χ2v) is 13.7. The normalized spacial score (nSPS) is 11.5. The molecule has 0 aliphatic rings. The van der Waals surface area contributed by atoms with Gasteiger partial charge in [0.15, 0.2) is 0 Å². The number of nitrogens with one attached hydrogen (secondary N) is 4. The Bertz CT molecular complexity index is 1870. The Morgan fingerprint density at radius 3 is 1.09 bits per heavy atom. The molecule has 5 rings (SSSR count). The van der Waals surface area contributed by atoms with E-state index in [9.17, 15) is 26.4 Å². The van der Waals surface area contributed by atoms with Crippen molar-refractivity contribution in [3.05, 3.63) is 156 Å². The molecule has 0 aromatic heterocycles. The first-order valence-electron chi connectivity index (χ1n) is 14.1. The first-order valence-corrected chi connectivity index (χ1v) is 17.1. The smallest absolute Gasteiger partial charge is 0.255 e. The minimum absolute atomic E-state index is 0.0628. The number of hydrogen-bond donors (Lipinski definition) is 4. The monoisotopic (exact) mass is 654 g/mol. The zero-order valence-electron chi connectivity index (χ0n) is 24.4. The summed E-state index contributed by atoms with van der Waals surface area (Å²) < 4.78 is 55.6. The maximum Gasteiger partial charge on any atom is 0.255 e. The molecular formula is C34H30N4O6S2. The van der Waals surface area contributed by atoms with Crippen LogP contribution in [0.25, 0.3) is 0 Å². The van der Waals surface area contributed by atoms with E-state index in [0.717, 1.165) is 11.1 Å². The fourth-order valence-electron chi connectivity index (χ4n) is 4.33. The largest absolute Gasteiger partial charge is 0.322 e. The van der Waals surface area contributed by atoms with Crippen molar-refractivity contribution in [1.29, 1.82) is 0 Å². The molecule has 5 aromatic rings. The van der Waals surface area contributed by atoms with Gasteiger partial charge in [-0.25, -0.2) is 26.3 Å². The predicted molar refractivity (Wildman–Crippen MR) is 176 cm³/mol.